The molecule has 0 radical (unpaired) electrons. The smallest absolute Gasteiger partial charge is 0.305 e. The van der Waals surface area contributed by atoms with Gasteiger partial charge in [0.1, 0.15) is 0 Å². The van der Waals surface area contributed by atoms with Crippen molar-refractivity contribution in [2.24, 2.45) is 16.7 Å². The van der Waals surface area contributed by atoms with Crippen molar-refractivity contribution in [3.8, 4) is 0 Å². The molecule has 0 heterocycles. The van der Waals surface area contributed by atoms with Gasteiger partial charge in [-0.15, -0.1) is 0 Å². The average molecular weight is 441 g/mol. The number of carbonyl (C=O) groups is 1. The van der Waals surface area contributed by atoms with E-state index in [4.69, 9.17) is 0 Å². The van der Waals surface area contributed by atoms with Gasteiger partial charge in [0.25, 0.3) is 0 Å². The van der Waals surface area contributed by atoms with E-state index < -0.39 is 0 Å². The van der Waals surface area contributed by atoms with Gasteiger partial charge in [-0.2, -0.15) is 0 Å². The number of methoxy groups -OCH3 is 1. The Kier molecular flexibility index (Phi) is 10.2. The largest absolute Gasteiger partial charge is 0.469 e. The number of hydrogen-bond donors (Lipinski definition) is 1. The number of carbonyl (C=O) groups excluding carboxylic acids is 1. The normalized spacial score (nSPS) is 28.2. The summed E-state index contributed by atoms with van der Waals surface area (Å²) in [4.78, 5) is 11.2. The molecule has 0 aliphatic heterocycles. The molecule has 0 saturated heterocycles. The maximum atomic E-state index is 11.2. The lowest BCUT2D eigenvalue weighted by Crippen LogP contribution is -2.30. The highest BCUT2D eigenvalue weighted by Gasteiger charge is 2.45. The lowest BCUT2D eigenvalue weighted by Gasteiger charge is -2.32. The summed E-state index contributed by atoms with van der Waals surface area (Å²) in [5, 5.41) is 10.8. The maximum absolute atomic E-state index is 11.2. The Morgan fingerprint density at radius 2 is 2.09 bits per heavy atom. The second-order valence-electron chi connectivity index (χ2n) is 10.1. The monoisotopic (exact) mass is 440 g/mol. The lowest BCUT2D eigenvalue weighted by molar-refractivity contribution is -0.140. The van der Waals surface area contributed by atoms with Crippen molar-refractivity contribution in [2.75, 3.05) is 7.11 Å². The number of hydrogen-bond acceptors (Lipinski definition) is 3. The first-order valence-corrected chi connectivity index (χ1v) is 12.4. The molecule has 2 unspecified atom stereocenters. The van der Waals surface area contributed by atoms with E-state index in [0.29, 0.717) is 19.3 Å². The Morgan fingerprint density at radius 3 is 2.75 bits per heavy atom. The molecule has 0 bridgehead atoms. The van der Waals surface area contributed by atoms with Crippen LogP contribution in [-0.4, -0.2) is 24.3 Å². The van der Waals surface area contributed by atoms with Gasteiger partial charge >= 0.3 is 5.97 Å². The van der Waals surface area contributed by atoms with E-state index >= 15 is 0 Å². The molecule has 3 heteroatoms. The molecule has 1 N–H and O–H groups in total. The zero-order chi connectivity index (χ0) is 23.6. The highest BCUT2D eigenvalue weighted by Crippen LogP contribution is 2.49. The van der Waals surface area contributed by atoms with Crippen LogP contribution < -0.4 is 0 Å². The molecule has 3 nitrogen and oxygen atoms in total. The van der Waals surface area contributed by atoms with Gasteiger partial charge in [0.2, 0.25) is 0 Å². The Bertz CT molecular complexity index is 756. The summed E-state index contributed by atoms with van der Waals surface area (Å²) in [5.41, 5.74) is 2.49. The Balaban J connectivity index is 1.96. The Hall–Kier alpha value is -1.87. The fourth-order valence-corrected chi connectivity index (χ4v) is 4.89. The van der Waals surface area contributed by atoms with Crippen LogP contribution in [0.15, 0.2) is 60.3 Å². The summed E-state index contributed by atoms with van der Waals surface area (Å²) < 4.78 is 4.67. The molecule has 0 aromatic heterocycles. The molecule has 0 aromatic rings. The van der Waals surface area contributed by atoms with Gasteiger partial charge in [0, 0.05) is 11.8 Å². The number of esters is 1. The van der Waals surface area contributed by atoms with E-state index in [9.17, 15) is 9.90 Å². The maximum Gasteiger partial charge on any atom is 0.305 e. The van der Waals surface area contributed by atoms with Gasteiger partial charge in [-0.3, -0.25) is 4.79 Å². The molecule has 1 fully saturated rings. The van der Waals surface area contributed by atoms with Crippen LogP contribution in [0.5, 0.6) is 0 Å². The second-order valence-corrected chi connectivity index (χ2v) is 10.1. The molecule has 2 aliphatic rings. The standard InChI is InChI=1S/C29H44O3/c1-6-28(3,21-18-24-14-11-12-15-24)19-13-20-29(4)25(23(2)22-26(29)30)16-9-7-8-10-17-27(31)32-5/h7-8,13-14,18,20-21,25-26,30H,2,6,9-12,15-17,19,22H2,1,3-5H3/b8-7-,20-13+,21-18+/t25-,26+,28?,29?/m0/s1. The molecule has 4 atom stereocenters. The third-order valence-corrected chi connectivity index (χ3v) is 7.59. The quantitative estimate of drug-likeness (QED) is 0.257. The Labute approximate surface area is 196 Å². The molecular formula is C29H44O3. The minimum atomic E-state index is -0.383. The molecule has 0 amide bonds. The van der Waals surface area contributed by atoms with E-state index in [2.05, 4.69) is 74.6 Å². The molecule has 1 saturated carbocycles. The van der Waals surface area contributed by atoms with Gasteiger partial charge < -0.3 is 9.84 Å². The van der Waals surface area contributed by atoms with Crippen LogP contribution in [0.4, 0.5) is 0 Å². The van der Waals surface area contributed by atoms with Gasteiger partial charge in [-0.05, 0) is 69.1 Å². The van der Waals surface area contributed by atoms with Gasteiger partial charge in [-0.1, -0.05) is 81.0 Å². The predicted octanol–water partition coefficient (Wildman–Crippen LogP) is 7.25. The molecule has 2 aliphatic carbocycles. The molecule has 0 spiro atoms. The van der Waals surface area contributed by atoms with E-state index in [1.165, 1.54) is 31.9 Å². The number of allylic oxidation sites excluding steroid dienone is 7. The van der Waals surface area contributed by atoms with E-state index in [0.717, 1.165) is 31.3 Å². The predicted molar refractivity (Wildman–Crippen MR) is 134 cm³/mol. The summed E-state index contributed by atoms with van der Waals surface area (Å²) in [7, 11) is 1.42. The molecule has 0 aromatic carbocycles. The van der Waals surface area contributed by atoms with Crippen molar-refractivity contribution in [2.45, 2.75) is 91.1 Å². The van der Waals surface area contributed by atoms with Gasteiger partial charge in [0.15, 0.2) is 0 Å². The van der Waals surface area contributed by atoms with Crippen molar-refractivity contribution >= 4 is 5.97 Å². The summed E-state index contributed by atoms with van der Waals surface area (Å²) in [5.74, 6) is 0.0969. The topological polar surface area (TPSA) is 46.5 Å². The fourth-order valence-electron chi connectivity index (χ4n) is 4.89. The summed E-state index contributed by atoms with van der Waals surface area (Å²) in [6, 6.07) is 0. The number of ether oxygens (including phenoxy) is 1. The third kappa shape index (κ3) is 7.33. The van der Waals surface area contributed by atoms with Crippen LogP contribution in [0, 0.1) is 16.7 Å². The van der Waals surface area contributed by atoms with E-state index in [1.807, 2.05) is 0 Å². The van der Waals surface area contributed by atoms with Gasteiger partial charge in [0.05, 0.1) is 13.2 Å². The molecule has 178 valence electrons. The number of rotatable bonds is 12. The van der Waals surface area contributed by atoms with E-state index in [1.54, 1.807) is 0 Å². The summed E-state index contributed by atoms with van der Waals surface area (Å²) in [6.07, 6.45) is 24.9. The lowest BCUT2D eigenvalue weighted by atomic mass is 9.74. The molecule has 32 heavy (non-hydrogen) atoms. The van der Waals surface area contributed by atoms with Crippen molar-refractivity contribution in [1.82, 2.24) is 0 Å². The van der Waals surface area contributed by atoms with Crippen molar-refractivity contribution in [1.29, 1.82) is 0 Å². The minimum Gasteiger partial charge on any atom is -0.469 e. The summed E-state index contributed by atoms with van der Waals surface area (Å²) >= 11 is 0. The first-order chi connectivity index (χ1) is 15.2. The second kappa shape index (κ2) is 12.4. The van der Waals surface area contributed by atoms with E-state index in [-0.39, 0.29) is 28.8 Å². The number of aliphatic hydroxyl groups excluding tert-OH is 1. The molecule has 2 rings (SSSR count). The SMILES string of the molecule is C=C1C[C@@H](O)C(C)(/C=C/CC(C)(/C=C/C2=CCCC2)CC)[C@H]1CC/C=C\CCC(=O)OC. The van der Waals surface area contributed by atoms with Crippen LogP contribution in [0.25, 0.3) is 0 Å². The Morgan fingerprint density at radius 1 is 1.34 bits per heavy atom. The molecular weight excluding hydrogens is 396 g/mol. The van der Waals surface area contributed by atoms with Crippen LogP contribution >= 0.6 is 0 Å². The van der Waals surface area contributed by atoms with Gasteiger partial charge in [-0.25, -0.2) is 0 Å². The fraction of sp³-hybridized carbons (Fsp3) is 0.621. The summed E-state index contributed by atoms with van der Waals surface area (Å²) in [6.45, 7) is 11.0. The van der Waals surface area contributed by atoms with Crippen molar-refractivity contribution < 1.29 is 14.6 Å². The van der Waals surface area contributed by atoms with Crippen LogP contribution in [-0.2, 0) is 9.53 Å². The zero-order valence-electron chi connectivity index (χ0n) is 20.7. The third-order valence-electron chi connectivity index (χ3n) is 7.59. The van der Waals surface area contributed by atoms with Crippen LogP contribution in [0.2, 0.25) is 0 Å². The first kappa shape index (κ1) is 26.4. The van der Waals surface area contributed by atoms with Crippen LogP contribution in [0.1, 0.15) is 85.0 Å². The first-order valence-electron chi connectivity index (χ1n) is 12.4. The van der Waals surface area contributed by atoms with Crippen molar-refractivity contribution in [3.63, 3.8) is 0 Å². The zero-order valence-corrected chi connectivity index (χ0v) is 20.7. The van der Waals surface area contributed by atoms with Crippen LogP contribution in [0.3, 0.4) is 0 Å². The number of aliphatic hydroxyl groups is 1. The average Bonchev–Trinajstić information content (AvgIpc) is 3.36. The highest BCUT2D eigenvalue weighted by atomic mass is 16.5. The highest BCUT2D eigenvalue weighted by molar-refractivity contribution is 5.69. The van der Waals surface area contributed by atoms with Crippen molar-refractivity contribution in [3.05, 3.63) is 60.3 Å². The minimum absolute atomic E-state index is 0.134.